The zero-order valence-corrected chi connectivity index (χ0v) is 14.8. The van der Waals surface area contributed by atoms with Crippen molar-refractivity contribution >= 4 is 22.6 Å². The molecule has 0 aromatic carbocycles. The van der Waals surface area contributed by atoms with Gasteiger partial charge in [0.05, 0.1) is 13.2 Å². The monoisotopic (exact) mass is 326 g/mol. The molecule has 1 aliphatic rings. The Hall–Kier alpha value is -1.21. The van der Waals surface area contributed by atoms with Crippen molar-refractivity contribution in [3.05, 3.63) is 5.82 Å². The molecule has 0 saturated carbocycles. The molecule has 2 heterocycles. The molecule has 124 valence electrons. The summed E-state index contributed by atoms with van der Waals surface area (Å²) in [4.78, 5) is 20.7. The summed E-state index contributed by atoms with van der Waals surface area (Å²) in [5, 5.41) is 0.989. The second kappa shape index (κ2) is 7.37. The molecule has 2 rings (SSSR count). The maximum atomic E-state index is 11.6. The Balaban J connectivity index is 1.93. The van der Waals surface area contributed by atoms with Gasteiger partial charge in [0.2, 0.25) is 5.13 Å². The van der Waals surface area contributed by atoms with Crippen LogP contribution in [0.5, 0.6) is 0 Å². The molecule has 0 aliphatic carbocycles. The molecule has 0 unspecified atom stereocenters. The summed E-state index contributed by atoms with van der Waals surface area (Å²) in [5.41, 5.74) is -0.0173. The molecule has 1 fully saturated rings. The molecule has 0 N–H and O–H groups in total. The number of ether oxygens (including phenoxy) is 1. The summed E-state index contributed by atoms with van der Waals surface area (Å²) in [6.07, 6.45) is 1.02. The Morgan fingerprint density at radius 2 is 2.05 bits per heavy atom. The van der Waals surface area contributed by atoms with E-state index in [-0.39, 0.29) is 11.4 Å². The van der Waals surface area contributed by atoms with Gasteiger partial charge in [-0.25, -0.2) is 4.98 Å². The van der Waals surface area contributed by atoms with Crippen LogP contribution in [0.4, 0.5) is 5.13 Å². The number of hydrogen-bond donors (Lipinski definition) is 0. The Morgan fingerprint density at radius 3 is 2.68 bits per heavy atom. The first-order chi connectivity index (χ1) is 10.4. The molecule has 0 radical (unpaired) electrons. The van der Waals surface area contributed by atoms with Gasteiger partial charge < -0.3 is 9.64 Å². The molecule has 1 aliphatic heterocycles. The van der Waals surface area contributed by atoms with Crippen molar-refractivity contribution in [3.63, 3.8) is 0 Å². The van der Waals surface area contributed by atoms with Crippen LogP contribution in [0.1, 0.15) is 39.9 Å². The molecule has 1 aromatic rings. The van der Waals surface area contributed by atoms with Crippen molar-refractivity contribution in [1.82, 2.24) is 14.3 Å². The van der Waals surface area contributed by atoms with Gasteiger partial charge in [-0.3, -0.25) is 9.69 Å². The second-order valence-electron chi connectivity index (χ2n) is 6.57. The quantitative estimate of drug-likeness (QED) is 0.788. The Kier molecular flexibility index (Phi) is 5.74. The predicted octanol–water partition coefficient (Wildman–Crippen LogP) is 1.91. The molecule has 1 saturated heterocycles. The van der Waals surface area contributed by atoms with Crippen LogP contribution in [-0.2, 0) is 14.9 Å². The average molecular weight is 326 g/mol. The molecule has 0 spiro atoms. The molecular weight excluding hydrogens is 300 g/mol. The van der Waals surface area contributed by atoms with Gasteiger partial charge in [-0.05, 0) is 13.3 Å². The van der Waals surface area contributed by atoms with Gasteiger partial charge in [-0.2, -0.15) is 4.37 Å². The minimum atomic E-state index is -0.137. The van der Waals surface area contributed by atoms with Crippen molar-refractivity contribution in [2.45, 2.75) is 39.5 Å². The first-order valence-corrected chi connectivity index (χ1v) is 8.64. The van der Waals surface area contributed by atoms with Crippen molar-refractivity contribution in [2.24, 2.45) is 0 Å². The lowest BCUT2D eigenvalue weighted by Gasteiger charge is -2.20. The van der Waals surface area contributed by atoms with Crippen molar-refractivity contribution < 1.29 is 9.53 Å². The maximum Gasteiger partial charge on any atom is 0.320 e. The van der Waals surface area contributed by atoms with Gasteiger partial charge in [-0.15, -0.1) is 0 Å². The number of rotatable bonds is 4. The highest BCUT2D eigenvalue weighted by molar-refractivity contribution is 7.09. The fourth-order valence-electron chi connectivity index (χ4n) is 2.36. The summed E-state index contributed by atoms with van der Waals surface area (Å²) in [6.45, 7) is 12.6. The number of hydrogen-bond acceptors (Lipinski definition) is 7. The molecular formula is C15H26N4O2S. The van der Waals surface area contributed by atoms with E-state index in [1.807, 2.05) is 6.92 Å². The van der Waals surface area contributed by atoms with Gasteiger partial charge in [-0.1, -0.05) is 20.8 Å². The van der Waals surface area contributed by atoms with Crippen LogP contribution in [0.3, 0.4) is 0 Å². The van der Waals surface area contributed by atoms with E-state index in [4.69, 9.17) is 4.74 Å². The largest absolute Gasteiger partial charge is 0.465 e. The fraction of sp³-hybridized carbons (Fsp3) is 0.800. The third kappa shape index (κ3) is 4.64. The minimum Gasteiger partial charge on any atom is -0.465 e. The highest BCUT2D eigenvalue weighted by atomic mass is 32.1. The van der Waals surface area contributed by atoms with Gasteiger partial charge in [0, 0.05) is 43.1 Å². The zero-order chi connectivity index (χ0) is 16.2. The Labute approximate surface area is 136 Å². The van der Waals surface area contributed by atoms with Crippen LogP contribution < -0.4 is 4.90 Å². The van der Waals surface area contributed by atoms with Crippen LogP contribution in [0.15, 0.2) is 0 Å². The lowest BCUT2D eigenvalue weighted by molar-refractivity contribution is -0.144. The third-order valence-electron chi connectivity index (χ3n) is 3.60. The van der Waals surface area contributed by atoms with Gasteiger partial charge in [0.1, 0.15) is 5.82 Å². The Morgan fingerprint density at radius 1 is 1.27 bits per heavy atom. The minimum absolute atomic E-state index is 0.0173. The highest BCUT2D eigenvalue weighted by Gasteiger charge is 2.23. The smallest absolute Gasteiger partial charge is 0.320 e. The fourth-order valence-corrected chi connectivity index (χ4v) is 3.27. The first kappa shape index (κ1) is 17.1. The van der Waals surface area contributed by atoms with Gasteiger partial charge in [0.15, 0.2) is 0 Å². The maximum absolute atomic E-state index is 11.6. The van der Waals surface area contributed by atoms with Crippen LogP contribution in [0, 0.1) is 0 Å². The molecule has 0 atom stereocenters. The molecule has 0 bridgehead atoms. The summed E-state index contributed by atoms with van der Waals surface area (Å²) in [6, 6.07) is 0. The molecule has 1 aromatic heterocycles. The van der Waals surface area contributed by atoms with Crippen molar-refractivity contribution in [1.29, 1.82) is 0 Å². The van der Waals surface area contributed by atoms with E-state index < -0.39 is 0 Å². The van der Waals surface area contributed by atoms with E-state index in [0.717, 1.165) is 43.6 Å². The summed E-state index contributed by atoms with van der Waals surface area (Å²) in [7, 11) is 0. The van der Waals surface area contributed by atoms with Crippen molar-refractivity contribution in [2.75, 3.05) is 44.2 Å². The molecule has 7 heteroatoms. The number of anilines is 1. The Bertz CT molecular complexity index is 498. The number of carbonyl (C=O) groups is 1. The molecule has 0 amide bonds. The normalized spacial score (nSPS) is 17.4. The van der Waals surface area contributed by atoms with Crippen LogP contribution in [0.2, 0.25) is 0 Å². The average Bonchev–Trinajstić information content (AvgIpc) is 2.82. The standard InChI is InChI=1S/C15H26N4O2S/c1-5-21-12(20)11-18-7-6-8-19(10-9-18)14-16-13(17-22-14)15(2,3)4/h5-11H2,1-4H3. The van der Waals surface area contributed by atoms with Gasteiger partial charge in [0.25, 0.3) is 0 Å². The second-order valence-corrected chi connectivity index (χ2v) is 7.30. The van der Waals surface area contributed by atoms with Crippen LogP contribution in [-0.4, -0.2) is 59.6 Å². The summed E-state index contributed by atoms with van der Waals surface area (Å²) in [5.74, 6) is 0.766. The summed E-state index contributed by atoms with van der Waals surface area (Å²) >= 11 is 1.47. The summed E-state index contributed by atoms with van der Waals surface area (Å²) < 4.78 is 9.51. The van der Waals surface area contributed by atoms with E-state index >= 15 is 0 Å². The third-order valence-corrected chi connectivity index (χ3v) is 4.38. The van der Waals surface area contributed by atoms with E-state index in [0.29, 0.717) is 13.2 Å². The number of carbonyl (C=O) groups excluding carboxylic acids is 1. The van der Waals surface area contributed by atoms with E-state index in [1.165, 1.54) is 11.5 Å². The van der Waals surface area contributed by atoms with Crippen molar-refractivity contribution in [3.8, 4) is 0 Å². The molecule has 6 nitrogen and oxygen atoms in total. The van der Waals surface area contributed by atoms with Crippen LogP contribution in [0.25, 0.3) is 0 Å². The van der Waals surface area contributed by atoms with Gasteiger partial charge >= 0.3 is 5.97 Å². The number of nitrogens with zero attached hydrogens (tertiary/aromatic N) is 4. The topological polar surface area (TPSA) is 58.6 Å². The highest BCUT2D eigenvalue weighted by Crippen LogP contribution is 2.25. The predicted molar refractivity (Wildman–Crippen MR) is 88.5 cm³/mol. The van der Waals surface area contributed by atoms with E-state index in [2.05, 4.69) is 39.9 Å². The lowest BCUT2D eigenvalue weighted by Crippen LogP contribution is -2.35. The number of esters is 1. The lowest BCUT2D eigenvalue weighted by atomic mass is 9.96. The SMILES string of the molecule is CCOC(=O)CN1CCCN(c2nc(C(C)(C)C)ns2)CC1. The zero-order valence-electron chi connectivity index (χ0n) is 14.0. The first-order valence-electron chi connectivity index (χ1n) is 7.87. The van der Waals surface area contributed by atoms with E-state index in [1.54, 1.807) is 0 Å². The van der Waals surface area contributed by atoms with Crippen LogP contribution >= 0.6 is 11.5 Å². The molecule has 22 heavy (non-hydrogen) atoms. The number of aromatic nitrogens is 2. The van der Waals surface area contributed by atoms with E-state index in [9.17, 15) is 4.79 Å².